The second-order valence-corrected chi connectivity index (χ2v) is 7.23. The number of thioether (sulfide) groups is 1. The number of hydrogen-bond acceptors (Lipinski definition) is 6. The largest absolute Gasteiger partial charge is 0.397 e. The van der Waals surface area contributed by atoms with Gasteiger partial charge >= 0.3 is 0 Å². The number of primary amides is 1. The van der Waals surface area contributed by atoms with E-state index in [1.807, 2.05) is 25.6 Å². The minimum Gasteiger partial charge on any atom is -0.397 e. The number of Topliss-reactive ketones (excluding diaryl/α,β-unsaturated/α-hetero) is 1. The van der Waals surface area contributed by atoms with Gasteiger partial charge in [-0.2, -0.15) is 11.8 Å². The summed E-state index contributed by atoms with van der Waals surface area (Å²) in [5, 5.41) is 0.749. The van der Waals surface area contributed by atoms with Crippen molar-refractivity contribution in [2.24, 2.45) is 11.7 Å². The normalized spacial score (nSPS) is 15.7. The monoisotopic (exact) mass is 313 g/mol. The third-order valence-corrected chi connectivity index (χ3v) is 5.44. The average molecular weight is 313 g/mol. The van der Waals surface area contributed by atoms with E-state index >= 15 is 0 Å². The molecular weight excluding hydrogens is 294 g/mol. The first-order chi connectivity index (χ1) is 9.43. The van der Waals surface area contributed by atoms with Crippen LogP contribution in [0.3, 0.4) is 0 Å². The van der Waals surface area contributed by atoms with Crippen LogP contribution in [0.25, 0.3) is 0 Å². The predicted octanol–water partition coefficient (Wildman–Crippen LogP) is 1.82. The van der Waals surface area contributed by atoms with Crippen LogP contribution in [0.5, 0.6) is 0 Å². The average Bonchev–Trinajstić information content (AvgIpc) is 2.76. The van der Waals surface area contributed by atoms with Gasteiger partial charge in [-0.1, -0.05) is 13.8 Å². The van der Waals surface area contributed by atoms with E-state index in [9.17, 15) is 9.59 Å². The van der Waals surface area contributed by atoms with E-state index in [0.717, 1.165) is 29.6 Å². The topological polar surface area (TPSA) is 89.4 Å². The molecule has 1 aliphatic heterocycles. The van der Waals surface area contributed by atoms with Gasteiger partial charge in [-0.15, -0.1) is 11.3 Å². The summed E-state index contributed by atoms with van der Waals surface area (Å²) in [6.45, 7) is 5.34. The fourth-order valence-corrected chi connectivity index (χ4v) is 4.37. The Morgan fingerprint density at radius 1 is 1.25 bits per heavy atom. The Hall–Kier alpha value is -1.21. The Labute approximate surface area is 126 Å². The summed E-state index contributed by atoms with van der Waals surface area (Å²) in [6, 6.07) is 0. The van der Waals surface area contributed by atoms with Gasteiger partial charge in [0.1, 0.15) is 5.00 Å². The fraction of sp³-hybridized carbons (Fsp3) is 0.538. The molecule has 1 aromatic rings. The van der Waals surface area contributed by atoms with Crippen molar-refractivity contribution in [1.29, 1.82) is 0 Å². The minimum absolute atomic E-state index is 0.0346. The molecule has 7 heteroatoms. The number of hydrogen-bond donors (Lipinski definition) is 2. The zero-order chi connectivity index (χ0) is 14.9. The van der Waals surface area contributed by atoms with Gasteiger partial charge in [-0.25, -0.2) is 0 Å². The molecule has 1 fully saturated rings. The summed E-state index contributed by atoms with van der Waals surface area (Å²) in [7, 11) is 0. The molecule has 20 heavy (non-hydrogen) atoms. The van der Waals surface area contributed by atoms with Crippen molar-refractivity contribution in [3.05, 3.63) is 10.4 Å². The van der Waals surface area contributed by atoms with E-state index in [-0.39, 0.29) is 17.4 Å². The molecule has 0 aliphatic carbocycles. The minimum atomic E-state index is -0.560. The van der Waals surface area contributed by atoms with Gasteiger partial charge in [0.05, 0.1) is 16.1 Å². The third kappa shape index (κ3) is 2.78. The predicted molar refractivity (Wildman–Crippen MR) is 86.0 cm³/mol. The molecule has 2 heterocycles. The molecule has 5 nitrogen and oxygen atoms in total. The highest BCUT2D eigenvalue weighted by Gasteiger charge is 2.28. The maximum absolute atomic E-state index is 12.2. The lowest BCUT2D eigenvalue weighted by molar-refractivity contribution is 0.0944. The first-order valence-corrected chi connectivity index (χ1v) is 8.49. The summed E-state index contributed by atoms with van der Waals surface area (Å²) in [5.74, 6) is 1.26. The SMILES string of the molecule is CC(C)C(=O)c1sc(N2CCSCC2)c(C(N)=O)c1N. The molecule has 0 radical (unpaired) electrons. The molecule has 1 aliphatic rings. The van der Waals surface area contributed by atoms with Gasteiger partial charge in [-0.05, 0) is 0 Å². The molecule has 2 rings (SSSR count). The molecule has 0 aromatic carbocycles. The molecule has 1 aromatic heterocycles. The molecule has 0 saturated carbocycles. The number of nitrogen functional groups attached to an aromatic ring is 1. The van der Waals surface area contributed by atoms with Gasteiger partial charge in [0, 0.05) is 30.5 Å². The van der Waals surface area contributed by atoms with Crippen molar-refractivity contribution in [2.75, 3.05) is 35.2 Å². The third-order valence-electron chi connectivity index (χ3n) is 3.22. The van der Waals surface area contributed by atoms with Crippen molar-refractivity contribution < 1.29 is 9.59 Å². The quantitative estimate of drug-likeness (QED) is 0.828. The Morgan fingerprint density at radius 3 is 2.35 bits per heavy atom. The number of thiophene rings is 1. The van der Waals surface area contributed by atoms with E-state index < -0.39 is 5.91 Å². The van der Waals surface area contributed by atoms with Gasteiger partial charge in [-0.3, -0.25) is 9.59 Å². The Bertz CT molecular complexity index is 534. The Morgan fingerprint density at radius 2 is 1.85 bits per heavy atom. The number of anilines is 2. The van der Waals surface area contributed by atoms with Gasteiger partial charge in [0.15, 0.2) is 5.78 Å². The molecule has 110 valence electrons. The van der Waals surface area contributed by atoms with E-state index in [0.29, 0.717) is 10.4 Å². The maximum Gasteiger partial charge on any atom is 0.253 e. The van der Waals surface area contributed by atoms with Gasteiger partial charge < -0.3 is 16.4 Å². The lowest BCUT2D eigenvalue weighted by Gasteiger charge is -2.27. The van der Waals surface area contributed by atoms with Crippen molar-refractivity contribution >= 4 is 45.5 Å². The maximum atomic E-state index is 12.2. The number of nitrogens with zero attached hydrogens (tertiary/aromatic N) is 1. The second-order valence-electron chi connectivity index (χ2n) is 5.01. The molecule has 1 amide bonds. The van der Waals surface area contributed by atoms with Crippen LogP contribution in [0.4, 0.5) is 10.7 Å². The zero-order valence-corrected chi connectivity index (χ0v) is 13.3. The van der Waals surface area contributed by atoms with Crippen LogP contribution in [0.2, 0.25) is 0 Å². The molecular formula is C13H19N3O2S2. The smallest absolute Gasteiger partial charge is 0.253 e. The van der Waals surface area contributed by atoms with Crippen LogP contribution in [0.1, 0.15) is 33.9 Å². The standard InChI is InChI=1S/C13H19N3O2S2/c1-7(2)10(17)11-9(14)8(12(15)18)13(20-11)16-3-5-19-6-4-16/h7H,3-6,14H2,1-2H3,(H2,15,18). The van der Waals surface area contributed by atoms with Crippen molar-refractivity contribution in [3.63, 3.8) is 0 Å². The van der Waals surface area contributed by atoms with Crippen LogP contribution in [-0.2, 0) is 0 Å². The van der Waals surface area contributed by atoms with E-state index in [2.05, 4.69) is 4.90 Å². The first kappa shape index (κ1) is 15.2. The summed E-state index contributed by atoms with van der Waals surface area (Å²) < 4.78 is 0. The highest BCUT2D eigenvalue weighted by molar-refractivity contribution is 7.99. The number of nitrogens with two attached hydrogens (primary N) is 2. The number of carbonyl (C=O) groups is 2. The Balaban J connectivity index is 2.47. The number of amides is 1. The lowest BCUT2D eigenvalue weighted by Crippen LogP contribution is -2.33. The molecule has 0 atom stereocenters. The molecule has 0 spiro atoms. The van der Waals surface area contributed by atoms with Crippen LogP contribution >= 0.6 is 23.1 Å². The van der Waals surface area contributed by atoms with Crippen LogP contribution < -0.4 is 16.4 Å². The van der Waals surface area contributed by atoms with Crippen LogP contribution in [0.15, 0.2) is 0 Å². The fourth-order valence-electron chi connectivity index (χ4n) is 2.10. The van der Waals surface area contributed by atoms with E-state index in [1.165, 1.54) is 11.3 Å². The molecule has 4 N–H and O–H groups in total. The Kier molecular flexibility index (Phi) is 4.59. The highest BCUT2D eigenvalue weighted by Crippen LogP contribution is 2.40. The van der Waals surface area contributed by atoms with Crippen molar-refractivity contribution in [2.45, 2.75) is 13.8 Å². The molecule has 0 bridgehead atoms. The number of carbonyl (C=O) groups excluding carboxylic acids is 2. The summed E-state index contributed by atoms with van der Waals surface area (Å²) >= 11 is 3.18. The van der Waals surface area contributed by atoms with Gasteiger partial charge in [0.2, 0.25) is 0 Å². The summed E-state index contributed by atoms with van der Waals surface area (Å²) in [6.07, 6.45) is 0. The van der Waals surface area contributed by atoms with E-state index in [1.54, 1.807) is 0 Å². The zero-order valence-electron chi connectivity index (χ0n) is 11.6. The van der Waals surface area contributed by atoms with Crippen molar-refractivity contribution in [3.8, 4) is 0 Å². The summed E-state index contributed by atoms with van der Waals surface area (Å²) in [4.78, 5) is 26.5. The van der Waals surface area contributed by atoms with E-state index in [4.69, 9.17) is 11.5 Å². The van der Waals surface area contributed by atoms with Crippen molar-refractivity contribution in [1.82, 2.24) is 0 Å². The van der Waals surface area contributed by atoms with Gasteiger partial charge in [0.25, 0.3) is 5.91 Å². The second kappa shape index (κ2) is 6.05. The first-order valence-electron chi connectivity index (χ1n) is 6.52. The highest BCUT2D eigenvalue weighted by atomic mass is 32.2. The summed E-state index contributed by atoms with van der Waals surface area (Å²) in [5.41, 5.74) is 12.0. The van der Waals surface area contributed by atoms with Crippen LogP contribution in [0, 0.1) is 5.92 Å². The lowest BCUT2D eigenvalue weighted by atomic mass is 10.1. The molecule has 0 unspecified atom stereocenters. The van der Waals surface area contributed by atoms with Crippen LogP contribution in [-0.4, -0.2) is 36.3 Å². The molecule has 1 saturated heterocycles. The number of ketones is 1. The number of rotatable bonds is 4.